The quantitative estimate of drug-likeness (QED) is 0.0153. The molecule has 342 valence electrons. The molecular formula is C46H83NO11P+. The second kappa shape index (κ2) is 37.4. The number of ether oxygens (including phenoxy) is 2. The number of hydrogen-bond acceptors (Lipinski definition) is 10. The summed E-state index contributed by atoms with van der Waals surface area (Å²) in [5.74, 6) is -1.06. The summed E-state index contributed by atoms with van der Waals surface area (Å²) in [6.07, 6.45) is 34.2. The Morgan fingerprint density at radius 3 is 1.68 bits per heavy atom. The van der Waals surface area contributed by atoms with E-state index in [9.17, 15) is 34.4 Å². The van der Waals surface area contributed by atoms with Gasteiger partial charge in [-0.2, -0.15) is 0 Å². The SMILES string of the molecule is CCCCCCCCCCCCCCCCCC(=O)OCC(COP(=O)(O)OCC[N+](C)(C)C)OC(=O)CCCC(O)/C=C/C=C\C=C\C(O)C/C=C\C=C\C(O)CC. The Balaban J connectivity index is 4.64. The van der Waals surface area contributed by atoms with Gasteiger partial charge in [0.05, 0.1) is 46.1 Å². The van der Waals surface area contributed by atoms with Gasteiger partial charge in [-0.25, -0.2) is 4.57 Å². The van der Waals surface area contributed by atoms with E-state index in [1.54, 1.807) is 54.7 Å². The van der Waals surface area contributed by atoms with Gasteiger partial charge in [-0.15, -0.1) is 0 Å². The number of allylic oxidation sites excluding steroid dienone is 6. The molecule has 0 bridgehead atoms. The van der Waals surface area contributed by atoms with Crippen LogP contribution in [0.1, 0.15) is 149 Å². The molecule has 13 heteroatoms. The lowest BCUT2D eigenvalue weighted by atomic mass is 10.0. The standard InChI is InChI=1S/C46H82NO11P/c1-6-8-9-10-11-12-13-14-15-16-17-18-19-20-28-35-45(51)55-39-44(40-57-59(53,54)56-38-37-47(3,4)5)58-46(52)36-29-34-43(50)32-25-22-21-24-31-42(49)33-27-23-26-30-41(48)7-2/h21-27,30-32,41-44,48-50H,6-20,28-29,33-40H2,1-5H3/p+1/b22-21-,27-23-,30-26+,31-24+,32-25+. The number of unbranched alkanes of at least 4 members (excludes halogenated alkanes) is 14. The topological polar surface area (TPSA) is 169 Å². The molecule has 5 atom stereocenters. The molecule has 0 heterocycles. The van der Waals surface area contributed by atoms with E-state index in [0.29, 0.717) is 36.7 Å². The monoisotopic (exact) mass is 857 g/mol. The van der Waals surface area contributed by atoms with Crippen LogP contribution in [0.2, 0.25) is 0 Å². The maximum Gasteiger partial charge on any atom is 0.472 e. The second-order valence-electron chi connectivity index (χ2n) is 16.3. The molecule has 5 unspecified atom stereocenters. The predicted octanol–water partition coefficient (Wildman–Crippen LogP) is 9.38. The minimum absolute atomic E-state index is 0.0226. The van der Waals surface area contributed by atoms with Crippen LogP contribution < -0.4 is 0 Å². The number of aliphatic hydroxyl groups excluding tert-OH is 3. The molecule has 0 aliphatic heterocycles. The third-order valence-corrected chi connectivity index (χ3v) is 10.4. The highest BCUT2D eigenvalue weighted by atomic mass is 31.2. The molecule has 0 aromatic rings. The summed E-state index contributed by atoms with van der Waals surface area (Å²) in [6.45, 7) is 3.75. The fraction of sp³-hybridized carbons (Fsp3) is 0.739. The number of likely N-dealkylation sites (N-methyl/N-ethyl adjacent to an activating group) is 1. The summed E-state index contributed by atoms with van der Waals surface area (Å²) < 4.78 is 34.1. The Morgan fingerprint density at radius 1 is 0.610 bits per heavy atom. The maximum atomic E-state index is 12.7. The number of rotatable bonds is 39. The summed E-state index contributed by atoms with van der Waals surface area (Å²) >= 11 is 0. The molecule has 0 aliphatic rings. The van der Waals surface area contributed by atoms with Crippen LogP contribution in [-0.2, 0) is 32.7 Å². The number of nitrogens with zero attached hydrogens (tertiary/aromatic N) is 1. The number of carbonyl (C=O) groups excluding carboxylic acids is 2. The average molecular weight is 857 g/mol. The zero-order valence-electron chi connectivity index (χ0n) is 37.3. The molecule has 0 radical (unpaired) electrons. The molecule has 0 rings (SSSR count). The van der Waals surface area contributed by atoms with E-state index in [0.717, 1.165) is 19.3 Å². The van der Waals surface area contributed by atoms with Crippen molar-refractivity contribution in [3.05, 3.63) is 60.8 Å². The first-order valence-electron chi connectivity index (χ1n) is 22.3. The number of hydrogen-bond donors (Lipinski definition) is 4. The Bertz CT molecular complexity index is 1240. The summed E-state index contributed by atoms with van der Waals surface area (Å²) in [5.41, 5.74) is 0. The number of aliphatic hydroxyl groups is 3. The largest absolute Gasteiger partial charge is 0.472 e. The van der Waals surface area contributed by atoms with Gasteiger partial charge in [-0.05, 0) is 32.1 Å². The van der Waals surface area contributed by atoms with Crippen molar-refractivity contribution in [1.82, 2.24) is 0 Å². The smallest absolute Gasteiger partial charge is 0.462 e. The van der Waals surface area contributed by atoms with E-state index in [-0.39, 0.29) is 32.5 Å². The fourth-order valence-electron chi connectivity index (χ4n) is 5.67. The minimum atomic E-state index is -4.45. The van der Waals surface area contributed by atoms with Crippen LogP contribution in [0, 0.1) is 0 Å². The second-order valence-corrected chi connectivity index (χ2v) is 17.8. The van der Waals surface area contributed by atoms with Gasteiger partial charge in [-0.3, -0.25) is 18.6 Å². The van der Waals surface area contributed by atoms with Crippen LogP contribution in [-0.4, -0.2) is 109 Å². The van der Waals surface area contributed by atoms with Gasteiger partial charge in [-0.1, -0.05) is 164 Å². The third kappa shape index (κ3) is 40.8. The Labute approximate surface area is 357 Å². The zero-order chi connectivity index (χ0) is 44.0. The number of phosphoric ester groups is 1. The average Bonchev–Trinajstić information content (AvgIpc) is 3.17. The lowest BCUT2D eigenvalue weighted by Gasteiger charge is -2.24. The molecule has 0 saturated carbocycles. The van der Waals surface area contributed by atoms with Gasteiger partial charge in [0.2, 0.25) is 0 Å². The van der Waals surface area contributed by atoms with Crippen LogP contribution in [0.4, 0.5) is 0 Å². The summed E-state index contributed by atoms with van der Waals surface area (Å²) in [7, 11) is 1.29. The molecule has 59 heavy (non-hydrogen) atoms. The molecule has 0 saturated heterocycles. The molecule has 0 fully saturated rings. The van der Waals surface area contributed by atoms with Crippen molar-refractivity contribution in [2.24, 2.45) is 0 Å². The number of esters is 2. The lowest BCUT2D eigenvalue weighted by Crippen LogP contribution is -2.37. The van der Waals surface area contributed by atoms with E-state index < -0.39 is 50.8 Å². The molecule has 12 nitrogen and oxygen atoms in total. The van der Waals surface area contributed by atoms with Crippen molar-refractivity contribution < 1.29 is 57.4 Å². The molecule has 0 aromatic carbocycles. The molecule has 0 amide bonds. The Hall–Kier alpha value is -2.41. The molecule has 4 N–H and O–H groups in total. The van der Waals surface area contributed by atoms with Gasteiger partial charge in [0, 0.05) is 12.8 Å². The Kier molecular flexibility index (Phi) is 35.8. The highest BCUT2D eigenvalue weighted by molar-refractivity contribution is 7.47. The zero-order valence-corrected chi connectivity index (χ0v) is 38.2. The molecular weight excluding hydrogens is 773 g/mol. The normalized spacial score (nSPS) is 15.7. The highest BCUT2D eigenvalue weighted by Gasteiger charge is 2.27. The number of quaternary nitrogens is 1. The highest BCUT2D eigenvalue weighted by Crippen LogP contribution is 2.43. The van der Waals surface area contributed by atoms with Crippen molar-refractivity contribution in [3.63, 3.8) is 0 Å². The van der Waals surface area contributed by atoms with Crippen molar-refractivity contribution >= 4 is 19.8 Å². The minimum Gasteiger partial charge on any atom is -0.462 e. The van der Waals surface area contributed by atoms with Crippen LogP contribution in [0.15, 0.2) is 60.8 Å². The Morgan fingerprint density at radius 2 is 1.12 bits per heavy atom. The van der Waals surface area contributed by atoms with Gasteiger partial charge in [0.25, 0.3) is 0 Å². The van der Waals surface area contributed by atoms with Crippen molar-refractivity contribution in [3.8, 4) is 0 Å². The van der Waals surface area contributed by atoms with Gasteiger partial charge in [0.1, 0.15) is 19.8 Å². The van der Waals surface area contributed by atoms with Crippen LogP contribution in [0.5, 0.6) is 0 Å². The van der Waals surface area contributed by atoms with Gasteiger partial charge >= 0.3 is 19.8 Å². The van der Waals surface area contributed by atoms with Crippen LogP contribution in [0.3, 0.4) is 0 Å². The van der Waals surface area contributed by atoms with E-state index in [1.165, 1.54) is 70.6 Å². The molecule has 0 spiro atoms. The molecule has 0 aliphatic carbocycles. The van der Waals surface area contributed by atoms with E-state index >= 15 is 0 Å². The maximum absolute atomic E-state index is 12.7. The van der Waals surface area contributed by atoms with Gasteiger partial charge in [0.15, 0.2) is 6.10 Å². The molecule has 0 aromatic heterocycles. The van der Waals surface area contributed by atoms with E-state index in [1.807, 2.05) is 34.1 Å². The predicted molar refractivity (Wildman–Crippen MR) is 237 cm³/mol. The van der Waals surface area contributed by atoms with Crippen molar-refractivity contribution in [1.29, 1.82) is 0 Å². The number of phosphoric acid groups is 1. The fourth-order valence-corrected chi connectivity index (χ4v) is 6.41. The summed E-state index contributed by atoms with van der Waals surface area (Å²) in [5, 5.41) is 29.8. The number of carbonyl (C=O) groups is 2. The van der Waals surface area contributed by atoms with E-state index in [4.69, 9.17) is 18.5 Å². The van der Waals surface area contributed by atoms with Gasteiger partial charge < -0.3 is 34.2 Å². The summed E-state index contributed by atoms with van der Waals surface area (Å²) in [6, 6.07) is 0. The first-order valence-corrected chi connectivity index (χ1v) is 23.8. The first kappa shape index (κ1) is 56.6. The van der Waals surface area contributed by atoms with Crippen LogP contribution in [0.25, 0.3) is 0 Å². The van der Waals surface area contributed by atoms with E-state index in [2.05, 4.69) is 6.92 Å². The van der Waals surface area contributed by atoms with Crippen LogP contribution >= 0.6 is 7.82 Å². The first-order chi connectivity index (χ1) is 28.2. The van der Waals surface area contributed by atoms with Crippen molar-refractivity contribution in [2.75, 3.05) is 47.5 Å². The van der Waals surface area contributed by atoms with Crippen molar-refractivity contribution in [2.45, 2.75) is 173 Å². The third-order valence-electron chi connectivity index (χ3n) is 9.41. The lowest BCUT2D eigenvalue weighted by molar-refractivity contribution is -0.870. The summed E-state index contributed by atoms with van der Waals surface area (Å²) in [4.78, 5) is 35.4.